The predicted octanol–water partition coefficient (Wildman–Crippen LogP) is 3.61. The van der Waals surface area contributed by atoms with Crippen molar-refractivity contribution in [2.45, 2.75) is 20.0 Å². The quantitative estimate of drug-likeness (QED) is 0.565. The van der Waals surface area contributed by atoms with Crippen LogP contribution in [0.25, 0.3) is 0 Å². The number of para-hydroxylation sites is 1. The fourth-order valence-electron chi connectivity index (χ4n) is 3.69. The Kier molecular flexibility index (Phi) is 7.24. The molecule has 1 aliphatic heterocycles. The molecule has 0 spiro atoms. The van der Waals surface area contributed by atoms with E-state index < -0.39 is 6.10 Å². The van der Waals surface area contributed by atoms with Gasteiger partial charge in [0.05, 0.1) is 6.61 Å². The van der Waals surface area contributed by atoms with Crippen LogP contribution < -0.4 is 24.6 Å². The molecule has 0 saturated carbocycles. The van der Waals surface area contributed by atoms with Crippen LogP contribution in [0.3, 0.4) is 0 Å². The summed E-state index contributed by atoms with van der Waals surface area (Å²) in [6.07, 6.45) is 0.794. The molecule has 1 saturated heterocycles. The molecule has 0 radical (unpaired) electrons. The highest BCUT2D eigenvalue weighted by molar-refractivity contribution is 5.93. The third kappa shape index (κ3) is 5.91. The van der Waals surface area contributed by atoms with Gasteiger partial charge >= 0.3 is 0 Å². The Balaban J connectivity index is 1.31. The van der Waals surface area contributed by atoms with Crippen LogP contribution in [-0.4, -0.2) is 54.8 Å². The van der Waals surface area contributed by atoms with E-state index in [9.17, 15) is 4.79 Å². The highest BCUT2D eigenvalue weighted by Gasteiger charge is 2.20. The first-order valence-corrected chi connectivity index (χ1v) is 11.2. The van der Waals surface area contributed by atoms with Gasteiger partial charge in [-0.2, -0.15) is 0 Å². The molecule has 3 aromatic rings. The van der Waals surface area contributed by atoms with Crippen molar-refractivity contribution < 1.29 is 14.3 Å². The fourth-order valence-corrected chi connectivity index (χ4v) is 3.69. The summed E-state index contributed by atoms with van der Waals surface area (Å²) in [5, 5.41) is 2.83. The molecule has 172 valence electrons. The number of nitrogens with one attached hydrogen (secondary N) is 1. The van der Waals surface area contributed by atoms with Gasteiger partial charge in [0, 0.05) is 37.9 Å². The molecule has 2 aromatic carbocycles. The van der Waals surface area contributed by atoms with Gasteiger partial charge in [0.1, 0.15) is 29.5 Å². The van der Waals surface area contributed by atoms with Gasteiger partial charge in [-0.15, -0.1) is 0 Å². The lowest BCUT2D eigenvalue weighted by molar-refractivity contribution is -0.122. The number of aromatic nitrogens is 2. The molecule has 0 bridgehead atoms. The smallest absolute Gasteiger partial charge is 0.266 e. The number of piperazine rings is 1. The van der Waals surface area contributed by atoms with Crippen LogP contribution in [-0.2, 0) is 4.79 Å². The number of rotatable bonds is 8. The van der Waals surface area contributed by atoms with Gasteiger partial charge in [-0.1, -0.05) is 18.2 Å². The summed E-state index contributed by atoms with van der Waals surface area (Å²) < 4.78 is 11.2. The van der Waals surface area contributed by atoms with Crippen molar-refractivity contribution in [1.82, 2.24) is 9.97 Å². The Morgan fingerprint density at radius 3 is 2.33 bits per heavy atom. The Bertz CT molecular complexity index is 1040. The minimum Gasteiger partial charge on any atom is -0.494 e. The number of carbonyl (C=O) groups excluding carboxylic acids is 1. The maximum absolute atomic E-state index is 12.6. The number of carbonyl (C=O) groups is 1. The van der Waals surface area contributed by atoms with Crippen molar-refractivity contribution in [2.75, 3.05) is 47.9 Å². The largest absolute Gasteiger partial charge is 0.494 e. The van der Waals surface area contributed by atoms with Gasteiger partial charge in [0.25, 0.3) is 5.91 Å². The topological polar surface area (TPSA) is 79.8 Å². The maximum atomic E-state index is 12.6. The van der Waals surface area contributed by atoms with E-state index in [1.54, 1.807) is 25.1 Å². The van der Waals surface area contributed by atoms with Crippen LogP contribution in [0.4, 0.5) is 17.3 Å². The average molecular weight is 448 g/mol. The Morgan fingerprint density at radius 1 is 0.970 bits per heavy atom. The van der Waals surface area contributed by atoms with Crippen LogP contribution in [0.1, 0.15) is 13.8 Å². The molecule has 1 aliphatic rings. The number of hydrogen-bond acceptors (Lipinski definition) is 7. The van der Waals surface area contributed by atoms with E-state index in [1.807, 2.05) is 25.1 Å². The first-order valence-electron chi connectivity index (χ1n) is 11.2. The molecule has 1 amide bonds. The second kappa shape index (κ2) is 10.7. The van der Waals surface area contributed by atoms with E-state index in [0.717, 1.165) is 37.7 Å². The standard InChI is InChI=1S/C25H29N5O3/c1-3-32-21-9-11-22(12-10-21)33-19(2)25(31)28-23-17-24(27-18-26-23)30-15-13-29(14-16-30)20-7-5-4-6-8-20/h4-12,17-19H,3,13-16H2,1-2H3,(H,26,27,28,31)/t19-/m1/s1. The first kappa shape index (κ1) is 22.4. The Labute approximate surface area is 194 Å². The number of anilines is 3. The SMILES string of the molecule is CCOc1ccc(O[C@H](C)C(=O)Nc2cc(N3CCN(c4ccccc4)CC3)ncn2)cc1. The van der Waals surface area contributed by atoms with Crippen molar-refractivity contribution in [1.29, 1.82) is 0 Å². The third-order valence-electron chi connectivity index (χ3n) is 5.45. The van der Waals surface area contributed by atoms with Crippen LogP contribution in [0.15, 0.2) is 67.0 Å². The number of amides is 1. The molecule has 8 heteroatoms. The lowest BCUT2D eigenvalue weighted by Crippen LogP contribution is -2.46. The van der Waals surface area contributed by atoms with Crippen molar-refractivity contribution in [3.8, 4) is 11.5 Å². The van der Waals surface area contributed by atoms with Crippen molar-refractivity contribution >= 4 is 23.2 Å². The second-order valence-corrected chi connectivity index (χ2v) is 7.72. The number of benzene rings is 2. The second-order valence-electron chi connectivity index (χ2n) is 7.72. The summed E-state index contributed by atoms with van der Waals surface area (Å²) in [4.78, 5) is 25.8. The van der Waals surface area contributed by atoms with E-state index in [-0.39, 0.29) is 5.91 Å². The van der Waals surface area contributed by atoms with Gasteiger partial charge in [0.15, 0.2) is 6.10 Å². The monoisotopic (exact) mass is 447 g/mol. The minimum atomic E-state index is -0.684. The molecule has 2 heterocycles. The first-order chi connectivity index (χ1) is 16.1. The summed E-state index contributed by atoms with van der Waals surface area (Å²) in [6.45, 7) is 7.73. The average Bonchev–Trinajstić information content (AvgIpc) is 2.86. The molecular weight excluding hydrogens is 418 g/mol. The summed E-state index contributed by atoms with van der Waals surface area (Å²) >= 11 is 0. The van der Waals surface area contributed by atoms with Crippen LogP contribution in [0.5, 0.6) is 11.5 Å². The summed E-state index contributed by atoms with van der Waals surface area (Å²) in [5.41, 5.74) is 1.23. The van der Waals surface area contributed by atoms with Crippen LogP contribution in [0.2, 0.25) is 0 Å². The molecule has 0 aliphatic carbocycles. The minimum absolute atomic E-state index is 0.276. The number of hydrogen-bond donors (Lipinski definition) is 1. The molecule has 1 aromatic heterocycles. The van der Waals surface area contributed by atoms with Crippen molar-refractivity contribution in [3.05, 3.63) is 67.0 Å². The van der Waals surface area contributed by atoms with E-state index in [0.29, 0.717) is 18.2 Å². The van der Waals surface area contributed by atoms with E-state index in [4.69, 9.17) is 9.47 Å². The van der Waals surface area contributed by atoms with E-state index in [1.165, 1.54) is 12.0 Å². The molecule has 1 N–H and O–H groups in total. The Hall–Kier alpha value is -3.81. The lowest BCUT2D eigenvalue weighted by Gasteiger charge is -2.36. The maximum Gasteiger partial charge on any atom is 0.266 e. The molecule has 1 atom stereocenters. The Morgan fingerprint density at radius 2 is 1.64 bits per heavy atom. The van der Waals surface area contributed by atoms with Gasteiger partial charge in [0.2, 0.25) is 0 Å². The van der Waals surface area contributed by atoms with Gasteiger partial charge < -0.3 is 24.6 Å². The molecule has 0 unspecified atom stereocenters. The highest BCUT2D eigenvalue weighted by Crippen LogP contribution is 2.21. The number of nitrogens with zero attached hydrogens (tertiary/aromatic N) is 4. The van der Waals surface area contributed by atoms with Crippen LogP contribution in [0, 0.1) is 0 Å². The molecule has 33 heavy (non-hydrogen) atoms. The van der Waals surface area contributed by atoms with Crippen molar-refractivity contribution in [3.63, 3.8) is 0 Å². The normalized spacial score (nSPS) is 14.5. The predicted molar refractivity (Wildman–Crippen MR) is 129 cm³/mol. The van der Waals surface area contributed by atoms with Gasteiger partial charge in [-0.05, 0) is 50.2 Å². The summed E-state index contributed by atoms with van der Waals surface area (Å²) in [7, 11) is 0. The zero-order valence-electron chi connectivity index (χ0n) is 19.0. The fraction of sp³-hybridized carbons (Fsp3) is 0.320. The molecule has 4 rings (SSSR count). The van der Waals surface area contributed by atoms with Gasteiger partial charge in [-0.3, -0.25) is 4.79 Å². The van der Waals surface area contributed by atoms with E-state index >= 15 is 0 Å². The highest BCUT2D eigenvalue weighted by atomic mass is 16.5. The molecular formula is C25H29N5O3. The van der Waals surface area contributed by atoms with Crippen LogP contribution >= 0.6 is 0 Å². The summed E-state index contributed by atoms with van der Waals surface area (Å²) in [5.74, 6) is 2.34. The number of ether oxygens (including phenoxy) is 2. The zero-order chi connectivity index (χ0) is 23.0. The van der Waals surface area contributed by atoms with Gasteiger partial charge in [-0.25, -0.2) is 9.97 Å². The molecule has 8 nitrogen and oxygen atoms in total. The van der Waals surface area contributed by atoms with Crippen molar-refractivity contribution in [2.24, 2.45) is 0 Å². The van der Waals surface area contributed by atoms with E-state index in [2.05, 4.69) is 49.4 Å². The summed E-state index contributed by atoms with van der Waals surface area (Å²) in [6, 6.07) is 19.4. The lowest BCUT2D eigenvalue weighted by atomic mass is 10.2. The third-order valence-corrected chi connectivity index (χ3v) is 5.45. The zero-order valence-corrected chi connectivity index (χ0v) is 19.0. The molecule has 1 fully saturated rings.